The summed E-state index contributed by atoms with van der Waals surface area (Å²) < 4.78 is 0. The van der Waals surface area contributed by atoms with E-state index in [0.717, 1.165) is 5.56 Å². The molecule has 0 aliphatic heterocycles. The van der Waals surface area contributed by atoms with E-state index in [1.165, 1.54) is 0 Å². The van der Waals surface area contributed by atoms with Crippen LogP contribution < -0.4 is 0 Å². The second kappa shape index (κ2) is 3.76. The highest BCUT2D eigenvalue weighted by molar-refractivity contribution is 6.02. The fourth-order valence-corrected chi connectivity index (χ4v) is 0.950. The van der Waals surface area contributed by atoms with Gasteiger partial charge in [0.15, 0.2) is 5.78 Å². The fraction of sp³-hybridized carbons (Fsp3) is 0.222. The normalized spacial score (nSPS) is 9.42. The predicted octanol–water partition coefficient (Wildman–Crippen LogP) is 1.16. The summed E-state index contributed by atoms with van der Waals surface area (Å²) in [5, 5.41) is 0. The first-order valence-electron chi connectivity index (χ1n) is 3.64. The van der Waals surface area contributed by atoms with E-state index < -0.39 is 0 Å². The number of ketones is 1. The Labute approximate surface area is 70.4 Å². The van der Waals surface area contributed by atoms with Crippen LogP contribution in [0.15, 0.2) is 18.3 Å². The Balaban J connectivity index is 2.94. The number of carbonyl (C=O) groups excluding carboxylic acids is 2. The van der Waals surface area contributed by atoms with Crippen LogP contribution in [0, 0.1) is 6.92 Å². The topological polar surface area (TPSA) is 47.0 Å². The van der Waals surface area contributed by atoms with E-state index in [1.54, 1.807) is 25.3 Å². The van der Waals surface area contributed by atoms with E-state index in [-0.39, 0.29) is 12.2 Å². The van der Waals surface area contributed by atoms with Gasteiger partial charge in [0.1, 0.15) is 12.0 Å². The van der Waals surface area contributed by atoms with Gasteiger partial charge in [0, 0.05) is 6.20 Å². The molecule has 0 bridgehead atoms. The monoisotopic (exact) mass is 163 g/mol. The maximum Gasteiger partial charge on any atom is 0.188 e. The Morgan fingerprint density at radius 1 is 1.67 bits per heavy atom. The molecule has 0 aliphatic rings. The predicted molar refractivity (Wildman–Crippen MR) is 44.0 cm³/mol. The number of pyridine rings is 1. The molecule has 0 radical (unpaired) electrons. The van der Waals surface area contributed by atoms with Crippen LogP contribution in [0.2, 0.25) is 0 Å². The van der Waals surface area contributed by atoms with E-state index in [1.807, 2.05) is 0 Å². The number of hydrogen-bond donors (Lipinski definition) is 0. The second-order valence-electron chi connectivity index (χ2n) is 2.46. The van der Waals surface area contributed by atoms with Crippen molar-refractivity contribution < 1.29 is 9.59 Å². The van der Waals surface area contributed by atoms with Crippen molar-refractivity contribution in [1.29, 1.82) is 0 Å². The highest BCUT2D eigenvalue weighted by Crippen LogP contribution is 2.04. The lowest BCUT2D eigenvalue weighted by Gasteiger charge is -1.98. The van der Waals surface area contributed by atoms with Crippen LogP contribution in [0.25, 0.3) is 0 Å². The zero-order valence-corrected chi connectivity index (χ0v) is 6.78. The second-order valence-corrected chi connectivity index (χ2v) is 2.46. The molecule has 0 saturated heterocycles. The van der Waals surface area contributed by atoms with Crippen molar-refractivity contribution in [3.05, 3.63) is 29.6 Å². The number of aryl methyl sites for hydroxylation is 1. The molecule has 0 N–H and O–H groups in total. The summed E-state index contributed by atoms with van der Waals surface area (Å²) in [5.74, 6) is -0.219. The largest absolute Gasteiger partial charge is 0.303 e. The molecule has 0 atom stereocenters. The molecule has 0 spiro atoms. The standard InChI is InChI=1S/C9H9NO2/c1-7-3-2-5-10-9(7)8(12)4-6-11/h2-3,5-6H,4H2,1H3. The molecule has 1 rings (SSSR count). The first-order chi connectivity index (χ1) is 5.75. The fourth-order valence-electron chi connectivity index (χ4n) is 0.950. The average molecular weight is 163 g/mol. The smallest absolute Gasteiger partial charge is 0.188 e. The van der Waals surface area contributed by atoms with Crippen molar-refractivity contribution in [1.82, 2.24) is 4.98 Å². The van der Waals surface area contributed by atoms with Crippen LogP contribution in [0.5, 0.6) is 0 Å². The van der Waals surface area contributed by atoms with E-state index in [9.17, 15) is 9.59 Å². The van der Waals surface area contributed by atoms with Crippen molar-refractivity contribution in [3.8, 4) is 0 Å². The summed E-state index contributed by atoms with van der Waals surface area (Å²) in [6, 6.07) is 3.55. The molecule has 0 aromatic carbocycles. The lowest BCUT2D eigenvalue weighted by atomic mass is 10.1. The van der Waals surface area contributed by atoms with Crippen molar-refractivity contribution in [2.45, 2.75) is 13.3 Å². The molecule has 1 aromatic rings. The maximum absolute atomic E-state index is 11.2. The van der Waals surface area contributed by atoms with Crippen LogP contribution in [0.1, 0.15) is 22.5 Å². The Morgan fingerprint density at radius 2 is 2.42 bits per heavy atom. The highest BCUT2D eigenvalue weighted by Gasteiger charge is 2.08. The molecular weight excluding hydrogens is 154 g/mol. The number of hydrogen-bond acceptors (Lipinski definition) is 3. The molecule has 12 heavy (non-hydrogen) atoms. The van der Waals surface area contributed by atoms with E-state index in [0.29, 0.717) is 12.0 Å². The molecule has 0 fully saturated rings. The van der Waals surface area contributed by atoms with Crippen molar-refractivity contribution in [3.63, 3.8) is 0 Å². The van der Waals surface area contributed by atoms with Gasteiger partial charge >= 0.3 is 0 Å². The van der Waals surface area contributed by atoms with Gasteiger partial charge in [-0.2, -0.15) is 0 Å². The van der Waals surface area contributed by atoms with Gasteiger partial charge in [0.2, 0.25) is 0 Å². The van der Waals surface area contributed by atoms with Gasteiger partial charge in [-0.25, -0.2) is 0 Å². The summed E-state index contributed by atoms with van der Waals surface area (Å²) in [5.41, 5.74) is 1.20. The van der Waals surface area contributed by atoms with Crippen LogP contribution in [0.4, 0.5) is 0 Å². The minimum absolute atomic E-state index is 0.0855. The van der Waals surface area contributed by atoms with Gasteiger partial charge in [0.25, 0.3) is 0 Å². The Hall–Kier alpha value is -1.51. The molecule has 0 unspecified atom stereocenters. The van der Waals surface area contributed by atoms with E-state index in [4.69, 9.17) is 0 Å². The summed E-state index contributed by atoms with van der Waals surface area (Å²) >= 11 is 0. The summed E-state index contributed by atoms with van der Waals surface area (Å²) in [7, 11) is 0. The lowest BCUT2D eigenvalue weighted by molar-refractivity contribution is -0.107. The molecule has 0 aliphatic carbocycles. The average Bonchev–Trinajstić information content (AvgIpc) is 2.05. The third kappa shape index (κ3) is 1.75. The van der Waals surface area contributed by atoms with Gasteiger partial charge in [-0.05, 0) is 18.6 Å². The van der Waals surface area contributed by atoms with Crippen molar-refractivity contribution in [2.75, 3.05) is 0 Å². The van der Waals surface area contributed by atoms with E-state index in [2.05, 4.69) is 4.98 Å². The molecule has 62 valence electrons. The highest BCUT2D eigenvalue weighted by atomic mass is 16.1. The number of aromatic nitrogens is 1. The number of carbonyl (C=O) groups is 2. The molecule has 3 nitrogen and oxygen atoms in total. The van der Waals surface area contributed by atoms with Gasteiger partial charge in [-0.15, -0.1) is 0 Å². The third-order valence-corrected chi connectivity index (χ3v) is 1.54. The third-order valence-electron chi connectivity index (χ3n) is 1.54. The lowest BCUT2D eigenvalue weighted by Crippen LogP contribution is -2.04. The van der Waals surface area contributed by atoms with Crippen LogP contribution in [-0.4, -0.2) is 17.1 Å². The van der Waals surface area contributed by atoms with Crippen molar-refractivity contribution >= 4 is 12.1 Å². The molecule has 0 amide bonds. The first kappa shape index (κ1) is 8.59. The molecule has 3 heteroatoms. The Bertz CT molecular complexity index is 307. The van der Waals surface area contributed by atoms with Gasteiger partial charge < -0.3 is 4.79 Å². The first-order valence-corrected chi connectivity index (χ1v) is 3.64. The summed E-state index contributed by atoms with van der Waals surface area (Å²) in [6.45, 7) is 1.80. The van der Waals surface area contributed by atoms with Crippen molar-refractivity contribution in [2.24, 2.45) is 0 Å². The number of Topliss-reactive ketones (excluding diaryl/α,β-unsaturated/α-hetero) is 1. The zero-order valence-electron chi connectivity index (χ0n) is 6.78. The molecule has 0 saturated carbocycles. The van der Waals surface area contributed by atoms with E-state index >= 15 is 0 Å². The minimum Gasteiger partial charge on any atom is -0.303 e. The SMILES string of the molecule is Cc1cccnc1C(=O)CC=O. The number of aldehydes is 1. The summed E-state index contributed by atoms with van der Waals surface area (Å²) in [4.78, 5) is 25.1. The van der Waals surface area contributed by atoms with Gasteiger partial charge in [0.05, 0.1) is 6.42 Å². The minimum atomic E-state index is -0.219. The number of rotatable bonds is 3. The van der Waals surface area contributed by atoms with Crippen LogP contribution in [0.3, 0.4) is 0 Å². The summed E-state index contributed by atoms with van der Waals surface area (Å²) in [6.07, 6.45) is 2.05. The number of nitrogens with zero attached hydrogens (tertiary/aromatic N) is 1. The molecular formula is C9H9NO2. The van der Waals surface area contributed by atoms with Crippen LogP contribution >= 0.6 is 0 Å². The maximum atomic E-state index is 11.2. The Morgan fingerprint density at radius 3 is 3.00 bits per heavy atom. The van der Waals surface area contributed by atoms with Gasteiger partial charge in [-0.3, -0.25) is 9.78 Å². The Kier molecular flexibility index (Phi) is 2.69. The van der Waals surface area contributed by atoms with Crippen LogP contribution in [-0.2, 0) is 4.79 Å². The van der Waals surface area contributed by atoms with Gasteiger partial charge in [-0.1, -0.05) is 6.07 Å². The zero-order chi connectivity index (χ0) is 8.97. The molecule has 1 heterocycles. The quantitative estimate of drug-likeness (QED) is 0.381. The molecule has 1 aromatic heterocycles.